The molecule has 1 aromatic heterocycles. The molecule has 0 saturated carbocycles. The number of hydrogen-bond acceptors (Lipinski definition) is 5. The smallest absolute Gasteiger partial charge is 0.449 e. The van der Waals surface area contributed by atoms with E-state index < -0.39 is 36.6 Å². The largest absolute Gasteiger partial charge is 0.512 e. The first-order valence-corrected chi connectivity index (χ1v) is 13.4. The Hall–Kier alpha value is -2.52. The molecule has 36 heavy (non-hydrogen) atoms. The standard InChI is InChI=1S/C27H35F2NO5S/c1-19(8-5-6-11-20-9-3-2-4-10-20)23(31)15-13-21-18-27(28,29)25(32)30(21)17-7-12-22-14-16-24(36-22)35-26(33)34/h2-4,9-10,14,16,19,21,23,31H,5-8,11-13,15,17-18H2,1H3,(H,33,34)/t19-,21+,23-/m1/s1. The number of halogens is 2. The highest BCUT2D eigenvalue weighted by atomic mass is 32.1. The molecule has 1 amide bonds. The number of amides is 1. The molecule has 3 rings (SSSR count). The van der Waals surface area contributed by atoms with Crippen LogP contribution in [0.5, 0.6) is 5.06 Å². The fourth-order valence-corrected chi connectivity index (χ4v) is 5.64. The predicted octanol–water partition coefficient (Wildman–Crippen LogP) is 6.16. The van der Waals surface area contributed by atoms with Crippen molar-refractivity contribution in [3.8, 4) is 5.06 Å². The van der Waals surface area contributed by atoms with Crippen LogP contribution in [0.15, 0.2) is 42.5 Å². The second kappa shape index (κ2) is 13.1. The molecule has 0 unspecified atom stereocenters. The number of ether oxygens (including phenoxy) is 1. The lowest BCUT2D eigenvalue weighted by atomic mass is 9.92. The number of aryl methyl sites for hydroxylation is 2. The number of likely N-dealkylation sites (tertiary alicyclic amines) is 1. The third kappa shape index (κ3) is 8.27. The van der Waals surface area contributed by atoms with Gasteiger partial charge < -0.3 is 19.8 Å². The van der Waals surface area contributed by atoms with Crippen molar-refractivity contribution in [2.24, 2.45) is 5.92 Å². The van der Waals surface area contributed by atoms with E-state index in [4.69, 9.17) is 5.11 Å². The Morgan fingerprint density at radius 1 is 1.14 bits per heavy atom. The highest BCUT2D eigenvalue weighted by molar-refractivity contribution is 7.13. The molecule has 1 aliphatic rings. The summed E-state index contributed by atoms with van der Waals surface area (Å²) in [4.78, 5) is 25.0. The van der Waals surface area contributed by atoms with E-state index in [1.165, 1.54) is 21.8 Å². The van der Waals surface area contributed by atoms with Gasteiger partial charge in [-0.3, -0.25) is 4.79 Å². The van der Waals surface area contributed by atoms with Crippen LogP contribution in [0.1, 0.15) is 62.3 Å². The van der Waals surface area contributed by atoms with Crippen molar-refractivity contribution in [2.45, 2.75) is 82.8 Å². The second-order valence-electron chi connectivity index (χ2n) is 9.61. The summed E-state index contributed by atoms with van der Waals surface area (Å²) in [5, 5.41) is 19.6. The first-order valence-electron chi connectivity index (χ1n) is 12.6. The van der Waals surface area contributed by atoms with E-state index in [-0.39, 0.29) is 17.5 Å². The number of carbonyl (C=O) groups excluding carboxylic acids is 1. The Labute approximate surface area is 214 Å². The van der Waals surface area contributed by atoms with E-state index >= 15 is 0 Å². The summed E-state index contributed by atoms with van der Waals surface area (Å²) >= 11 is 1.18. The molecule has 2 N–H and O–H groups in total. The first kappa shape index (κ1) is 28.1. The second-order valence-corrected chi connectivity index (χ2v) is 10.7. The quantitative estimate of drug-likeness (QED) is 0.229. The van der Waals surface area contributed by atoms with Crippen molar-refractivity contribution in [3.63, 3.8) is 0 Å². The maximum absolute atomic E-state index is 14.2. The average Bonchev–Trinajstić information content (AvgIpc) is 3.36. The number of thiophene rings is 1. The number of aliphatic hydroxyl groups is 1. The Morgan fingerprint density at radius 2 is 1.89 bits per heavy atom. The summed E-state index contributed by atoms with van der Waals surface area (Å²) < 4.78 is 33.0. The van der Waals surface area contributed by atoms with E-state index in [2.05, 4.69) is 16.9 Å². The van der Waals surface area contributed by atoms with Gasteiger partial charge in [-0.2, -0.15) is 8.78 Å². The van der Waals surface area contributed by atoms with Crippen LogP contribution in [0, 0.1) is 5.92 Å². The Kier molecular flexibility index (Phi) is 10.2. The number of carboxylic acid groups (broad SMARTS) is 1. The molecule has 0 aliphatic carbocycles. The number of hydrogen-bond donors (Lipinski definition) is 2. The van der Waals surface area contributed by atoms with Crippen LogP contribution in [-0.2, 0) is 17.6 Å². The molecule has 1 fully saturated rings. The number of unbranched alkanes of at least 4 members (excludes halogenated alkanes) is 1. The maximum atomic E-state index is 14.2. The Morgan fingerprint density at radius 3 is 2.61 bits per heavy atom. The van der Waals surface area contributed by atoms with Gasteiger partial charge in [-0.05, 0) is 68.6 Å². The van der Waals surface area contributed by atoms with Crippen LogP contribution < -0.4 is 4.74 Å². The number of alkyl halides is 2. The lowest BCUT2D eigenvalue weighted by Gasteiger charge is -2.26. The van der Waals surface area contributed by atoms with E-state index in [0.29, 0.717) is 25.7 Å². The van der Waals surface area contributed by atoms with Gasteiger partial charge in [-0.25, -0.2) is 4.79 Å². The molecule has 198 valence electrons. The molecule has 1 aromatic carbocycles. The van der Waals surface area contributed by atoms with Crippen LogP contribution in [0.4, 0.5) is 13.6 Å². The van der Waals surface area contributed by atoms with Crippen LogP contribution >= 0.6 is 11.3 Å². The molecule has 0 bridgehead atoms. The van der Waals surface area contributed by atoms with Crippen molar-refractivity contribution in [1.82, 2.24) is 4.90 Å². The fraction of sp³-hybridized carbons (Fsp3) is 0.556. The number of aliphatic hydroxyl groups excluding tert-OH is 1. The van der Waals surface area contributed by atoms with Crippen molar-refractivity contribution >= 4 is 23.4 Å². The topological polar surface area (TPSA) is 87.1 Å². The highest BCUT2D eigenvalue weighted by Crippen LogP contribution is 2.36. The van der Waals surface area contributed by atoms with Gasteiger partial charge in [0.05, 0.1) is 6.10 Å². The zero-order chi connectivity index (χ0) is 26.1. The maximum Gasteiger partial charge on any atom is 0.512 e. The normalized spacial score (nSPS) is 18.8. The van der Waals surface area contributed by atoms with Crippen LogP contribution in [0.3, 0.4) is 0 Å². The molecule has 6 nitrogen and oxygen atoms in total. The van der Waals surface area contributed by atoms with Crippen LogP contribution in [-0.4, -0.2) is 51.8 Å². The van der Waals surface area contributed by atoms with Gasteiger partial charge >= 0.3 is 12.1 Å². The molecular formula is C27H35F2NO5S. The lowest BCUT2D eigenvalue weighted by Crippen LogP contribution is -2.37. The third-order valence-electron chi connectivity index (χ3n) is 6.82. The van der Waals surface area contributed by atoms with E-state index in [9.17, 15) is 23.5 Å². The Balaban J connectivity index is 1.42. The third-order valence-corrected chi connectivity index (χ3v) is 7.85. The predicted molar refractivity (Wildman–Crippen MR) is 135 cm³/mol. The minimum absolute atomic E-state index is 0.0629. The van der Waals surface area contributed by atoms with E-state index in [1.54, 1.807) is 12.1 Å². The number of benzene rings is 1. The zero-order valence-corrected chi connectivity index (χ0v) is 21.4. The minimum Gasteiger partial charge on any atom is -0.449 e. The van der Waals surface area contributed by atoms with E-state index in [1.807, 2.05) is 25.1 Å². The van der Waals surface area contributed by atoms with Gasteiger partial charge in [-0.1, -0.05) is 43.7 Å². The van der Waals surface area contributed by atoms with Gasteiger partial charge in [0.2, 0.25) is 0 Å². The van der Waals surface area contributed by atoms with Crippen molar-refractivity contribution < 1.29 is 33.3 Å². The lowest BCUT2D eigenvalue weighted by molar-refractivity contribution is -0.148. The van der Waals surface area contributed by atoms with Gasteiger partial charge in [0.25, 0.3) is 5.91 Å². The van der Waals surface area contributed by atoms with Gasteiger partial charge in [0, 0.05) is 23.9 Å². The molecule has 1 saturated heterocycles. The number of nitrogens with zero attached hydrogens (tertiary/aromatic N) is 1. The summed E-state index contributed by atoms with van der Waals surface area (Å²) in [5.74, 6) is -4.45. The summed E-state index contributed by atoms with van der Waals surface area (Å²) in [5.41, 5.74) is 1.30. The highest BCUT2D eigenvalue weighted by Gasteiger charge is 2.52. The van der Waals surface area contributed by atoms with E-state index in [0.717, 1.165) is 30.6 Å². The molecule has 0 spiro atoms. The molecule has 0 radical (unpaired) electrons. The molecule has 3 atom stereocenters. The molecule has 1 aliphatic heterocycles. The van der Waals surface area contributed by atoms with Crippen molar-refractivity contribution in [3.05, 3.63) is 52.9 Å². The monoisotopic (exact) mass is 523 g/mol. The van der Waals surface area contributed by atoms with Gasteiger partial charge in [0.15, 0.2) is 5.06 Å². The number of rotatable bonds is 14. The fourth-order valence-electron chi connectivity index (χ4n) is 4.75. The molecule has 9 heteroatoms. The molecule has 2 aromatic rings. The minimum atomic E-state index is -3.37. The van der Waals surface area contributed by atoms with Crippen molar-refractivity contribution in [2.75, 3.05) is 6.54 Å². The summed E-state index contributed by atoms with van der Waals surface area (Å²) in [6, 6.07) is 12.9. The zero-order valence-electron chi connectivity index (χ0n) is 20.6. The van der Waals surface area contributed by atoms with Gasteiger partial charge in [-0.15, -0.1) is 11.3 Å². The summed E-state index contributed by atoms with van der Waals surface area (Å²) in [6.45, 7) is 2.18. The Bertz CT molecular complexity index is 984. The summed E-state index contributed by atoms with van der Waals surface area (Å²) in [6.07, 6.45) is 3.12. The summed E-state index contributed by atoms with van der Waals surface area (Å²) in [7, 11) is 0. The van der Waals surface area contributed by atoms with Crippen LogP contribution in [0.2, 0.25) is 0 Å². The molecule has 2 heterocycles. The first-order chi connectivity index (χ1) is 17.2. The van der Waals surface area contributed by atoms with Crippen LogP contribution in [0.25, 0.3) is 0 Å². The molecular weight excluding hydrogens is 488 g/mol. The SMILES string of the molecule is C[C@H](CCCCc1ccccc1)[C@H](O)CC[C@H]1CC(F)(F)C(=O)N1CCCc1ccc(OC(=O)O)s1. The number of carbonyl (C=O) groups is 2. The average molecular weight is 524 g/mol. The van der Waals surface area contributed by atoms with Crippen molar-refractivity contribution in [1.29, 1.82) is 0 Å². The van der Waals surface area contributed by atoms with Gasteiger partial charge in [0.1, 0.15) is 0 Å².